The van der Waals surface area contributed by atoms with Crippen molar-refractivity contribution in [1.82, 2.24) is 9.97 Å². The summed E-state index contributed by atoms with van der Waals surface area (Å²) in [5.41, 5.74) is 7.20. The van der Waals surface area contributed by atoms with Crippen molar-refractivity contribution in [2.45, 2.75) is 26.7 Å². The summed E-state index contributed by atoms with van der Waals surface area (Å²) in [6, 6.07) is 6.78. The number of rotatable bonds is 3. The second kappa shape index (κ2) is 5.14. The Labute approximate surface area is 111 Å². The summed E-state index contributed by atoms with van der Waals surface area (Å²) >= 11 is 0. The maximum absolute atomic E-state index is 11.5. The number of nitrogen functional groups attached to an aromatic ring is 1. The van der Waals surface area contributed by atoms with Gasteiger partial charge in [0.25, 0.3) is 5.56 Å². The zero-order chi connectivity index (χ0) is 14.0. The number of H-pyrrole nitrogens is 1. The van der Waals surface area contributed by atoms with E-state index in [1.807, 2.05) is 32.9 Å². The van der Waals surface area contributed by atoms with E-state index in [4.69, 9.17) is 10.5 Å². The lowest BCUT2D eigenvalue weighted by Gasteiger charge is -2.10. The van der Waals surface area contributed by atoms with Gasteiger partial charge in [-0.15, -0.1) is 0 Å². The molecule has 3 N–H and O–H groups in total. The lowest BCUT2D eigenvalue weighted by atomic mass is 10.2. The number of nitrogens with one attached hydrogen (secondary N) is 1. The Balaban J connectivity index is 2.35. The van der Waals surface area contributed by atoms with E-state index in [-0.39, 0.29) is 17.4 Å². The minimum absolute atomic E-state index is 0.117. The second-order valence-corrected chi connectivity index (χ2v) is 4.77. The van der Waals surface area contributed by atoms with Gasteiger partial charge in [0.05, 0.1) is 11.8 Å². The maximum atomic E-state index is 11.5. The molecule has 1 aromatic carbocycles. The number of nitrogens with two attached hydrogens (primary N) is 1. The first-order chi connectivity index (χ1) is 8.95. The van der Waals surface area contributed by atoms with Gasteiger partial charge in [0.15, 0.2) is 5.75 Å². The molecule has 100 valence electrons. The van der Waals surface area contributed by atoms with E-state index in [9.17, 15) is 4.79 Å². The summed E-state index contributed by atoms with van der Waals surface area (Å²) in [5, 5.41) is 0. The molecule has 1 aromatic heterocycles. The average molecular weight is 259 g/mol. The van der Waals surface area contributed by atoms with E-state index in [0.717, 1.165) is 5.56 Å². The fourth-order valence-corrected chi connectivity index (χ4v) is 1.65. The minimum atomic E-state index is -0.237. The summed E-state index contributed by atoms with van der Waals surface area (Å²) in [4.78, 5) is 18.5. The maximum Gasteiger partial charge on any atom is 0.254 e. The number of aromatic nitrogens is 2. The molecule has 1 heterocycles. The zero-order valence-corrected chi connectivity index (χ0v) is 11.2. The highest BCUT2D eigenvalue weighted by molar-refractivity contribution is 5.55. The summed E-state index contributed by atoms with van der Waals surface area (Å²) in [5.74, 6) is 1.46. The van der Waals surface area contributed by atoms with Crippen molar-refractivity contribution in [2.75, 3.05) is 5.73 Å². The van der Waals surface area contributed by atoms with Crippen LogP contribution in [0.15, 0.2) is 29.1 Å². The van der Waals surface area contributed by atoms with Crippen LogP contribution in [0.4, 0.5) is 5.69 Å². The molecule has 0 amide bonds. The van der Waals surface area contributed by atoms with E-state index in [1.165, 1.54) is 6.07 Å². The van der Waals surface area contributed by atoms with Gasteiger partial charge in [-0.3, -0.25) is 4.79 Å². The summed E-state index contributed by atoms with van der Waals surface area (Å²) < 4.78 is 5.58. The number of hydrogen-bond donors (Lipinski definition) is 2. The fourth-order valence-electron chi connectivity index (χ4n) is 1.65. The van der Waals surface area contributed by atoms with Crippen LogP contribution in [-0.4, -0.2) is 9.97 Å². The molecule has 0 aliphatic carbocycles. The van der Waals surface area contributed by atoms with Crippen LogP contribution in [0.3, 0.4) is 0 Å². The Morgan fingerprint density at radius 3 is 2.68 bits per heavy atom. The summed E-state index contributed by atoms with van der Waals surface area (Å²) in [6.07, 6.45) is 0. The normalized spacial score (nSPS) is 10.7. The second-order valence-electron chi connectivity index (χ2n) is 4.77. The Kier molecular flexibility index (Phi) is 3.55. The van der Waals surface area contributed by atoms with Gasteiger partial charge < -0.3 is 15.5 Å². The number of anilines is 1. The molecule has 0 spiro atoms. The van der Waals surface area contributed by atoms with Crippen molar-refractivity contribution >= 4 is 5.69 Å². The van der Waals surface area contributed by atoms with Crippen LogP contribution in [0.5, 0.6) is 11.6 Å². The SMILES string of the molecule is Cc1ccc(Oc2cc(=O)[nH]c(C(C)C)n2)c(N)c1. The van der Waals surface area contributed by atoms with Crippen molar-refractivity contribution in [2.24, 2.45) is 0 Å². The molecule has 0 aliphatic rings. The Morgan fingerprint density at radius 1 is 1.32 bits per heavy atom. The van der Waals surface area contributed by atoms with Crippen molar-refractivity contribution in [3.63, 3.8) is 0 Å². The molecule has 0 fully saturated rings. The molecule has 0 saturated heterocycles. The fraction of sp³-hybridized carbons (Fsp3) is 0.286. The summed E-state index contributed by atoms with van der Waals surface area (Å²) in [6.45, 7) is 5.84. The molecule has 0 unspecified atom stereocenters. The van der Waals surface area contributed by atoms with E-state index in [0.29, 0.717) is 17.3 Å². The van der Waals surface area contributed by atoms with Crippen LogP contribution in [0, 0.1) is 6.92 Å². The molecule has 5 nitrogen and oxygen atoms in total. The van der Waals surface area contributed by atoms with Gasteiger partial charge in [0.2, 0.25) is 5.88 Å². The number of aryl methyl sites for hydroxylation is 1. The van der Waals surface area contributed by atoms with E-state index < -0.39 is 0 Å². The first-order valence-electron chi connectivity index (χ1n) is 6.11. The number of hydrogen-bond acceptors (Lipinski definition) is 4. The molecular weight excluding hydrogens is 242 g/mol. The largest absolute Gasteiger partial charge is 0.437 e. The van der Waals surface area contributed by atoms with Crippen LogP contribution in [-0.2, 0) is 0 Å². The molecule has 0 saturated carbocycles. The lowest BCUT2D eigenvalue weighted by molar-refractivity contribution is 0.457. The van der Waals surface area contributed by atoms with Crippen molar-refractivity contribution in [1.29, 1.82) is 0 Å². The smallest absolute Gasteiger partial charge is 0.254 e. The van der Waals surface area contributed by atoms with Crippen molar-refractivity contribution < 1.29 is 4.74 Å². The quantitative estimate of drug-likeness (QED) is 0.830. The number of benzene rings is 1. The van der Waals surface area contributed by atoms with Gasteiger partial charge in [-0.1, -0.05) is 19.9 Å². The minimum Gasteiger partial charge on any atom is -0.437 e. The van der Waals surface area contributed by atoms with Gasteiger partial charge in [0.1, 0.15) is 5.82 Å². The van der Waals surface area contributed by atoms with Crippen molar-refractivity contribution in [3.05, 3.63) is 46.0 Å². The molecule has 2 rings (SSSR count). The lowest BCUT2D eigenvalue weighted by Crippen LogP contribution is -2.12. The van der Waals surface area contributed by atoms with Crippen LogP contribution < -0.4 is 16.0 Å². The molecule has 0 bridgehead atoms. The highest BCUT2D eigenvalue weighted by Gasteiger charge is 2.08. The van der Waals surface area contributed by atoms with Crippen LogP contribution in [0.25, 0.3) is 0 Å². The van der Waals surface area contributed by atoms with E-state index in [1.54, 1.807) is 6.07 Å². The number of ether oxygens (including phenoxy) is 1. The standard InChI is InChI=1S/C14H17N3O2/c1-8(2)14-16-12(18)7-13(17-14)19-11-5-4-9(3)6-10(11)15/h4-8H,15H2,1-3H3,(H,16,17,18). The summed E-state index contributed by atoms with van der Waals surface area (Å²) in [7, 11) is 0. The molecule has 2 aromatic rings. The highest BCUT2D eigenvalue weighted by atomic mass is 16.5. The number of aromatic amines is 1. The van der Waals surface area contributed by atoms with Gasteiger partial charge >= 0.3 is 0 Å². The third kappa shape index (κ3) is 3.13. The molecule has 0 radical (unpaired) electrons. The Hall–Kier alpha value is -2.30. The molecular formula is C14H17N3O2. The van der Waals surface area contributed by atoms with Gasteiger partial charge in [-0.2, -0.15) is 4.98 Å². The molecule has 0 atom stereocenters. The third-order valence-electron chi connectivity index (χ3n) is 2.66. The first kappa shape index (κ1) is 13.1. The van der Waals surface area contributed by atoms with Crippen LogP contribution >= 0.6 is 0 Å². The third-order valence-corrected chi connectivity index (χ3v) is 2.66. The average Bonchev–Trinajstić information content (AvgIpc) is 2.32. The van der Waals surface area contributed by atoms with Crippen LogP contribution in [0.2, 0.25) is 0 Å². The highest BCUT2D eigenvalue weighted by Crippen LogP contribution is 2.26. The van der Waals surface area contributed by atoms with E-state index in [2.05, 4.69) is 9.97 Å². The molecule has 0 aliphatic heterocycles. The zero-order valence-electron chi connectivity index (χ0n) is 11.2. The van der Waals surface area contributed by atoms with Gasteiger partial charge in [-0.25, -0.2) is 0 Å². The predicted molar refractivity (Wildman–Crippen MR) is 74.6 cm³/mol. The topological polar surface area (TPSA) is 81.0 Å². The van der Waals surface area contributed by atoms with Gasteiger partial charge in [0, 0.05) is 5.92 Å². The predicted octanol–water partition coefficient (Wildman–Crippen LogP) is 2.58. The molecule has 5 heteroatoms. The monoisotopic (exact) mass is 259 g/mol. The van der Waals surface area contributed by atoms with E-state index >= 15 is 0 Å². The van der Waals surface area contributed by atoms with Crippen LogP contribution in [0.1, 0.15) is 31.2 Å². The number of nitrogens with zero attached hydrogens (tertiary/aromatic N) is 1. The van der Waals surface area contributed by atoms with Gasteiger partial charge in [-0.05, 0) is 24.6 Å². The Bertz CT molecular complexity index is 647. The Morgan fingerprint density at radius 2 is 2.05 bits per heavy atom. The molecule has 19 heavy (non-hydrogen) atoms. The van der Waals surface area contributed by atoms with Crippen molar-refractivity contribution in [3.8, 4) is 11.6 Å². The first-order valence-corrected chi connectivity index (χ1v) is 6.11.